The van der Waals surface area contributed by atoms with Crippen LogP contribution in [0.25, 0.3) is 0 Å². The molecule has 0 radical (unpaired) electrons. The summed E-state index contributed by atoms with van der Waals surface area (Å²) >= 11 is 0. The van der Waals surface area contributed by atoms with Gasteiger partial charge >= 0.3 is 0 Å². The minimum Gasteiger partial charge on any atom is -0.375 e. The standard InChI is InChI=1S/C13H28N2O/c1-10(2)8-15(5)13(9-14)6-11(3)16-12(4)7-13/h10-12H,6-9,14H2,1-5H3. The van der Waals surface area contributed by atoms with Crippen molar-refractivity contribution in [1.29, 1.82) is 0 Å². The summed E-state index contributed by atoms with van der Waals surface area (Å²) in [6, 6.07) is 0. The highest BCUT2D eigenvalue weighted by Gasteiger charge is 2.40. The molecule has 0 aliphatic carbocycles. The predicted octanol–water partition coefficient (Wildman–Crippen LogP) is 1.86. The molecule has 0 aromatic heterocycles. The Balaban J connectivity index is 2.74. The van der Waals surface area contributed by atoms with Crippen molar-refractivity contribution in [3.05, 3.63) is 0 Å². The van der Waals surface area contributed by atoms with E-state index in [9.17, 15) is 0 Å². The van der Waals surface area contributed by atoms with Crippen LogP contribution in [-0.4, -0.2) is 42.8 Å². The van der Waals surface area contributed by atoms with Crippen molar-refractivity contribution in [3.8, 4) is 0 Å². The lowest BCUT2D eigenvalue weighted by Crippen LogP contribution is -2.59. The second kappa shape index (κ2) is 5.48. The third-order valence-corrected chi connectivity index (χ3v) is 3.63. The summed E-state index contributed by atoms with van der Waals surface area (Å²) in [4.78, 5) is 2.45. The molecule has 0 aromatic rings. The van der Waals surface area contributed by atoms with E-state index in [1.54, 1.807) is 0 Å². The molecule has 96 valence electrons. The molecule has 1 heterocycles. The van der Waals surface area contributed by atoms with Crippen molar-refractivity contribution >= 4 is 0 Å². The van der Waals surface area contributed by atoms with Gasteiger partial charge in [-0.2, -0.15) is 0 Å². The van der Waals surface area contributed by atoms with Crippen LogP contribution in [0.3, 0.4) is 0 Å². The Morgan fingerprint density at radius 2 is 1.81 bits per heavy atom. The van der Waals surface area contributed by atoms with E-state index in [1.165, 1.54) is 0 Å². The summed E-state index contributed by atoms with van der Waals surface area (Å²) in [6.45, 7) is 10.7. The number of hydrogen-bond acceptors (Lipinski definition) is 3. The Labute approximate surface area is 100 Å². The number of nitrogens with two attached hydrogens (primary N) is 1. The number of rotatable bonds is 4. The highest BCUT2D eigenvalue weighted by Crippen LogP contribution is 2.32. The first kappa shape index (κ1) is 13.9. The van der Waals surface area contributed by atoms with Gasteiger partial charge < -0.3 is 10.5 Å². The van der Waals surface area contributed by atoms with Crippen LogP contribution in [0.2, 0.25) is 0 Å². The zero-order chi connectivity index (χ0) is 12.3. The van der Waals surface area contributed by atoms with Crippen LogP contribution in [0.1, 0.15) is 40.5 Å². The van der Waals surface area contributed by atoms with Gasteiger partial charge in [0.15, 0.2) is 0 Å². The minimum atomic E-state index is 0.140. The van der Waals surface area contributed by atoms with Crippen LogP contribution >= 0.6 is 0 Å². The molecular formula is C13H28N2O. The van der Waals surface area contributed by atoms with Gasteiger partial charge in [-0.05, 0) is 39.7 Å². The van der Waals surface area contributed by atoms with Crippen molar-refractivity contribution < 1.29 is 4.74 Å². The van der Waals surface area contributed by atoms with Gasteiger partial charge in [-0.25, -0.2) is 0 Å². The molecule has 0 saturated carbocycles. The molecule has 0 spiro atoms. The normalized spacial score (nSPS) is 36.0. The SMILES string of the molecule is CC(C)CN(C)C1(CN)CC(C)OC(C)C1. The Morgan fingerprint density at radius 1 is 1.31 bits per heavy atom. The maximum atomic E-state index is 6.04. The quantitative estimate of drug-likeness (QED) is 0.798. The highest BCUT2D eigenvalue weighted by atomic mass is 16.5. The van der Waals surface area contributed by atoms with Gasteiger partial charge in [-0.15, -0.1) is 0 Å². The van der Waals surface area contributed by atoms with Gasteiger partial charge in [0.2, 0.25) is 0 Å². The lowest BCUT2D eigenvalue weighted by Gasteiger charge is -2.48. The molecule has 1 rings (SSSR count). The van der Waals surface area contributed by atoms with Crippen LogP contribution in [-0.2, 0) is 4.74 Å². The summed E-state index contributed by atoms with van der Waals surface area (Å²) in [5, 5.41) is 0. The zero-order valence-corrected chi connectivity index (χ0v) is 11.5. The smallest absolute Gasteiger partial charge is 0.0568 e. The molecule has 1 saturated heterocycles. The summed E-state index contributed by atoms with van der Waals surface area (Å²) in [5.74, 6) is 0.682. The fraction of sp³-hybridized carbons (Fsp3) is 1.00. The predicted molar refractivity (Wildman–Crippen MR) is 68.5 cm³/mol. The molecule has 1 aliphatic rings. The van der Waals surface area contributed by atoms with E-state index in [0.29, 0.717) is 18.1 Å². The molecule has 3 nitrogen and oxygen atoms in total. The van der Waals surface area contributed by atoms with Crippen molar-refractivity contribution in [3.63, 3.8) is 0 Å². The first-order valence-electron chi connectivity index (χ1n) is 6.46. The number of nitrogens with zero attached hydrogens (tertiary/aromatic N) is 1. The second-order valence-corrected chi connectivity index (χ2v) is 5.87. The summed E-state index contributed by atoms with van der Waals surface area (Å²) in [5.41, 5.74) is 6.18. The molecule has 2 atom stereocenters. The molecule has 16 heavy (non-hydrogen) atoms. The van der Waals surface area contributed by atoms with Crippen molar-refractivity contribution in [2.75, 3.05) is 20.1 Å². The fourth-order valence-electron chi connectivity index (χ4n) is 3.02. The van der Waals surface area contributed by atoms with E-state index < -0.39 is 0 Å². The van der Waals surface area contributed by atoms with Crippen molar-refractivity contribution in [2.24, 2.45) is 11.7 Å². The van der Waals surface area contributed by atoms with E-state index in [0.717, 1.165) is 25.9 Å². The molecule has 2 unspecified atom stereocenters. The average molecular weight is 228 g/mol. The van der Waals surface area contributed by atoms with Gasteiger partial charge in [0.1, 0.15) is 0 Å². The second-order valence-electron chi connectivity index (χ2n) is 5.87. The fourth-order valence-corrected chi connectivity index (χ4v) is 3.02. The van der Waals surface area contributed by atoms with E-state index >= 15 is 0 Å². The Bertz CT molecular complexity index is 208. The van der Waals surface area contributed by atoms with Gasteiger partial charge in [0, 0.05) is 18.6 Å². The summed E-state index contributed by atoms with van der Waals surface area (Å²) in [6.07, 6.45) is 2.75. The van der Waals surface area contributed by atoms with Crippen LogP contribution in [0.15, 0.2) is 0 Å². The maximum Gasteiger partial charge on any atom is 0.0568 e. The van der Waals surface area contributed by atoms with E-state index in [4.69, 9.17) is 10.5 Å². The lowest BCUT2D eigenvalue weighted by atomic mass is 9.82. The summed E-state index contributed by atoms with van der Waals surface area (Å²) < 4.78 is 5.82. The Morgan fingerprint density at radius 3 is 2.19 bits per heavy atom. The zero-order valence-electron chi connectivity index (χ0n) is 11.5. The topological polar surface area (TPSA) is 38.5 Å². The van der Waals surface area contributed by atoms with Gasteiger partial charge in [-0.1, -0.05) is 13.8 Å². The molecule has 1 fully saturated rings. The minimum absolute atomic E-state index is 0.140. The number of likely N-dealkylation sites (N-methyl/N-ethyl adjacent to an activating group) is 1. The molecule has 0 bridgehead atoms. The van der Waals surface area contributed by atoms with E-state index in [2.05, 4.69) is 39.6 Å². The average Bonchev–Trinajstić information content (AvgIpc) is 2.14. The van der Waals surface area contributed by atoms with Gasteiger partial charge in [-0.3, -0.25) is 4.90 Å². The van der Waals surface area contributed by atoms with Crippen LogP contribution in [0.4, 0.5) is 0 Å². The van der Waals surface area contributed by atoms with Crippen molar-refractivity contribution in [1.82, 2.24) is 4.90 Å². The lowest BCUT2D eigenvalue weighted by molar-refractivity contribution is -0.0992. The summed E-state index contributed by atoms with van der Waals surface area (Å²) in [7, 11) is 2.21. The third-order valence-electron chi connectivity index (χ3n) is 3.63. The Hall–Kier alpha value is -0.120. The van der Waals surface area contributed by atoms with Crippen LogP contribution in [0, 0.1) is 5.92 Å². The molecule has 1 aliphatic heterocycles. The molecule has 0 aromatic carbocycles. The van der Waals surface area contributed by atoms with Gasteiger partial charge in [0.25, 0.3) is 0 Å². The van der Waals surface area contributed by atoms with E-state index in [1.807, 2.05) is 0 Å². The third kappa shape index (κ3) is 3.19. The van der Waals surface area contributed by atoms with Gasteiger partial charge in [0.05, 0.1) is 12.2 Å². The first-order chi connectivity index (χ1) is 7.39. The monoisotopic (exact) mass is 228 g/mol. The molecule has 2 N–H and O–H groups in total. The highest BCUT2D eigenvalue weighted by molar-refractivity contribution is 4.96. The molecule has 3 heteroatoms. The Kier molecular flexibility index (Phi) is 4.77. The van der Waals surface area contributed by atoms with Crippen molar-refractivity contribution in [2.45, 2.75) is 58.3 Å². The molecule has 0 amide bonds. The largest absolute Gasteiger partial charge is 0.375 e. The number of ether oxygens (including phenoxy) is 1. The first-order valence-corrected chi connectivity index (χ1v) is 6.46. The number of hydrogen-bond donors (Lipinski definition) is 1. The molecular weight excluding hydrogens is 200 g/mol. The van der Waals surface area contributed by atoms with Crippen LogP contribution in [0.5, 0.6) is 0 Å². The maximum absolute atomic E-state index is 6.04. The van der Waals surface area contributed by atoms with Crippen LogP contribution < -0.4 is 5.73 Å². The van der Waals surface area contributed by atoms with E-state index in [-0.39, 0.29) is 5.54 Å².